The van der Waals surface area contributed by atoms with Crippen LogP contribution in [0.4, 0.5) is 22.0 Å². The molecule has 3 nitrogen and oxygen atoms in total. The first-order chi connectivity index (χ1) is 14.2. The van der Waals surface area contributed by atoms with Gasteiger partial charge in [-0.2, -0.15) is 18.3 Å². The van der Waals surface area contributed by atoms with Gasteiger partial charge >= 0.3 is 6.18 Å². The van der Waals surface area contributed by atoms with Crippen molar-refractivity contribution >= 4 is 0 Å². The van der Waals surface area contributed by atoms with Gasteiger partial charge < -0.3 is 0 Å². The third-order valence-corrected chi connectivity index (χ3v) is 4.62. The molecule has 0 bridgehead atoms. The highest BCUT2D eigenvalue weighted by molar-refractivity contribution is 5.71. The zero-order valence-electron chi connectivity index (χ0n) is 15.6. The molecule has 0 saturated heterocycles. The molecular formula is C22H14F5N3. The molecule has 0 unspecified atom stereocenters. The highest BCUT2D eigenvalue weighted by Gasteiger charge is 2.30. The second-order valence-corrected chi connectivity index (χ2v) is 6.64. The largest absolute Gasteiger partial charge is 0.416 e. The molecule has 30 heavy (non-hydrogen) atoms. The van der Waals surface area contributed by atoms with Gasteiger partial charge in [-0.25, -0.2) is 18.4 Å². The molecule has 4 rings (SSSR count). The van der Waals surface area contributed by atoms with Crippen molar-refractivity contribution in [2.45, 2.75) is 6.18 Å². The Morgan fingerprint density at radius 2 is 1.37 bits per heavy atom. The molecule has 0 atom stereocenters. The van der Waals surface area contributed by atoms with Crippen molar-refractivity contribution in [2.75, 3.05) is 0 Å². The summed E-state index contributed by atoms with van der Waals surface area (Å²) in [5, 5.41) is 4.12. The van der Waals surface area contributed by atoms with E-state index < -0.39 is 23.4 Å². The number of aromatic nitrogens is 3. The minimum atomic E-state index is -4.41. The van der Waals surface area contributed by atoms with Gasteiger partial charge in [0.1, 0.15) is 11.6 Å². The van der Waals surface area contributed by atoms with Crippen LogP contribution >= 0.6 is 0 Å². The van der Waals surface area contributed by atoms with E-state index in [1.165, 1.54) is 22.9 Å². The normalized spacial score (nSPS) is 11.7. The van der Waals surface area contributed by atoms with Crippen LogP contribution in [0.2, 0.25) is 0 Å². The average Bonchev–Trinajstić information content (AvgIpc) is 3.08. The van der Waals surface area contributed by atoms with Gasteiger partial charge in [0.2, 0.25) is 0 Å². The molecule has 0 amide bonds. The minimum absolute atomic E-state index is 0.0944. The Balaban J connectivity index is 1.72. The second kappa shape index (κ2) is 7.37. The smallest absolute Gasteiger partial charge is 0.248 e. The van der Waals surface area contributed by atoms with Gasteiger partial charge in [-0.1, -0.05) is 36.4 Å². The maximum absolute atomic E-state index is 14.1. The molecule has 0 N–H and O–H groups in total. The first kappa shape index (κ1) is 19.8. The van der Waals surface area contributed by atoms with Gasteiger partial charge in [0.05, 0.1) is 11.1 Å². The van der Waals surface area contributed by atoms with E-state index in [2.05, 4.69) is 10.1 Å². The van der Waals surface area contributed by atoms with Crippen LogP contribution in [-0.4, -0.2) is 14.8 Å². The average molecular weight is 415 g/mol. The first-order valence-corrected chi connectivity index (χ1v) is 8.87. The fourth-order valence-corrected chi connectivity index (χ4v) is 3.14. The molecule has 1 aromatic heterocycles. The fourth-order valence-electron chi connectivity index (χ4n) is 3.14. The summed E-state index contributed by atoms with van der Waals surface area (Å²) in [6, 6.07) is 15.3. The van der Waals surface area contributed by atoms with Crippen molar-refractivity contribution in [3.05, 3.63) is 83.9 Å². The highest BCUT2D eigenvalue weighted by atomic mass is 19.4. The van der Waals surface area contributed by atoms with Crippen molar-refractivity contribution in [1.82, 2.24) is 14.8 Å². The summed E-state index contributed by atoms with van der Waals surface area (Å²) in [6.45, 7) is 0. The van der Waals surface area contributed by atoms with E-state index in [9.17, 15) is 22.0 Å². The maximum Gasteiger partial charge on any atom is 0.416 e. The highest BCUT2D eigenvalue weighted by Crippen LogP contribution is 2.32. The summed E-state index contributed by atoms with van der Waals surface area (Å²) < 4.78 is 67.9. The molecule has 0 radical (unpaired) electrons. The van der Waals surface area contributed by atoms with Gasteiger partial charge in [-0.05, 0) is 41.5 Å². The maximum atomic E-state index is 14.1. The van der Waals surface area contributed by atoms with Crippen LogP contribution in [0.25, 0.3) is 33.9 Å². The van der Waals surface area contributed by atoms with E-state index in [1.807, 2.05) is 0 Å². The van der Waals surface area contributed by atoms with Gasteiger partial charge in [0, 0.05) is 12.6 Å². The lowest BCUT2D eigenvalue weighted by molar-refractivity contribution is -0.137. The second-order valence-electron chi connectivity index (χ2n) is 6.64. The number of benzene rings is 3. The molecule has 3 aromatic carbocycles. The number of halogens is 5. The molecule has 4 aromatic rings. The molecule has 152 valence electrons. The van der Waals surface area contributed by atoms with E-state index in [4.69, 9.17) is 0 Å². The predicted octanol–water partition coefficient (Wildman–Crippen LogP) is 6.11. The lowest BCUT2D eigenvalue weighted by Crippen LogP contribution is -2.03. The van der Waals surface area contributed by atoms with Gasteiger partial charge in [-0.15, -0.1) is 0 Å². The molecular weight excluding hydrogens is 401 g/mol. The molecule has 0 aliphatic rings. The SMILES string of the molecule is Cn1nc(-c2c(F)cccc2F)nc1-c1cccc(-c2ccc(C(F)(F)F)cc2)c1. The summed E-state index contributed by atoms with van der Waals surface area (Å²) in [6.07, 6.45) is -4.41. The zero-order chi connectivity index (χ0) is 21.5. The number of hydrogen-bond acceptors (Lipinski definition) is 2. The third-order valence-electron chi connectivity index (χ3n) is 4.62. The van der Waals surface area contributed by atoms with E-state index in [1.54, 1.807) is 31.3 Å². The molecule has 1 heterocycles. The van der Waals surface area contributed by atoms with Crippen molar-refractivity contribution in [3.63, 3.8) is 0 Å². The quantitative estimate of drug-likeness (QED) is 0.378. The van der Waals surface area contributed by atoms with Crippen molar-refractivity contribution in [2.24, 2.45) is 7.05 Å². The number of aryl methyl sites for hydroxylation is 1. The van der Waals surface area contributed by atoms with E-state index >= 15 is 0 Å². The Kier molecular flexibility index (Phi) is 4.85. The third kappa shape index (κ3) is 3.68. The van der Waals surface area contributed by atoms with Gasteiger partial charge in [0.25, 0.3) is 0 Å². The topological polar surface area (TPSA) is 30.7 Å². The van der Waals surface area contributed by atoms with Crippen LogP contribution in [0, 0.1) is 11.6 Å². The monoisotopic (exact) mass is 415 g/mol. The lowest BCUT2D eigenvalue weighted by atomic mass is 10.0. The Morgan fingerprint density at radius 1 is 0.767 bits per heavy atom. The fraction of sp³-hybridized carbons (Fsp3) is 0.0909. The molecule has 0 aliphatic heterocycles. The van der Waals surface area contributed by atoms with E-state index in [-0.39, 0.29) is 11.4 Å². The minimum Gasteiger partial charge on any atom is -0.248 e. The molecule has 8 heteroatoms. The standard InChI is InChI=1S/C22H14F5N3/c1-30-21(28-20(29-30)19-17(23)6-3-7-18(19)24)15-5-2-4-14(12-15)13-8-10-16(11-9-13)22(25,26)27/h2-12H,1H3. The Hall–Kier alpha value is -3.55. The summed E-state index contributed by atoms with van der Waals surface area (Å²) in [7, 11) is 1.59. The van der Waals surface area contributed by atoms with Crippen LogP contribution in [0.5, 0.6) is 0 Å². The van der Waals surface area contributed by atoms with Crippen LogP contribution in [0.1, 0.15) is 5.56 Å². The summed E-state index contributed by atoms with van der Waals surface area (Å²) in [5.41, 5.74) is 0.811. The number of rotatable bonds is 3. The van der Waals surface area contributed by atoms with E-state index in [0.29, 0.717) is 22.5 Å². The van der Waals surface area contributed by atoms with Gasteiger partial charge in [-0.3, -0.25) is 0 Å². The molecule has 0 spiro atoms. The Morgan fingerprint density at radius 3 is 2.00 bits per heavy atom. The summed E-state index contributed by atoms with van der Waals surface area (Å²) in [4.78, 5) is 4.28. The van der Waals surface area contributed by atoms with Crippen LogP contribution in [0.15, 0.2) is 66.7 Å². The first-order valence-electron chi connectivity index (χ1n) is 8.87. The van der Waals surface area contributed by atoms with Crippen molar-refractivity contribution in [3.8, 4) is 33.9 Å². The van der Waals surface area contributed by atoms with Crippen LogP contribution in [0.3, 0.4) is 0 Å². The van der Waals surface area contributed by atoms with Crippen LogP contribution in [-0.2, 0) is 13.2 Å². The molecule has 0 saturated carbocycles. The Bertz CT molecular complexity index is 1190. The summed E-state index contributed by atoms with van der Waals surface area (Å²) in [5.74, 6) is -1.28. The molecule has 0 aliphatic carbocycles. The molecule has 0 fully saturated rings. The van der Waals surface area contributed by atoms with Crippen molar-refractivity contribution in [1.29, 1.82) is 0 Å². The lowest BCUT2D eigenvalue weighted by Gasteiger charge is -2.09. The number of nitrogens with zero attached hydrogens (tertiary/aromatic N) is 3. The summed E-state index contributed by atoms with van der Waals surface area (Å²) >= 11 is 0. The number of alkyl halides is 3. The zero-order valence-corrected chi connectivity index (χ0v) is 15.6. The van der Waals surface area contributed by atoms with Crippen LogP contribution < -0.4 is 0 Å². The number of hydrogen-bond donors (Lipinski definition) is 0. The van der Waals surface area contributed by atoms with E-state index in [0.717, 1.165) is 24.3 Å². The predicted molar refractivity (Wildman–Crippen MR) is 102 cm³/mol. The Labute approximate surface area is 168 Å². The van der Waals surface area contributed by atoms with Crippen molar-refractivity contribution < 1.29 is 22.0 Å². The van der Waals surface area contributed by atoms with Gasteiger partial charge in [0.15, 0.2) is 11.6 Å².